The van der Waals surface area contributed by atoms with Gasteiger partial charge in [0.05, 0.1) is 11.3 Å². The zero-order valence-electron chi connectivity index (χ0n) is 10.5. The highest BCUT2D eigenvalue weighted by molar-refractivity contribution is 6.07. The Hall–Kier alpha value is -2.43. The molecule has 1 amide bonds. The fourth-order valence-corrected chi connectivity index (χ4v) is 1.69. The van der Waals surface area contributed by atoms with E-state index in [-0.39, 0.29) is 11.3 Å². The van der Waals surface area contributed by atoms with Crippen molar-refractivity contribution in [3.05, 3.63) is 54.0 Å². The fraction of sp³-hybridized carbons (Fsp3) is 0.143. The predicted molar refractivity (Wildman–Crippen MR) is 72.8 cm³/mol. The van der Waals surface area contributed by atoms with Gasteiger partial charge in [0.25, 0.3) is 5.91 Å². The molecule has 0 fully saturated rings. The summed E-state index contributed by atoms with van der Waals surface area (Å²) in [7, 11) is 0. The maximum absolute atomic E-state index is 13.7. The molecule has 2 rings (SSSR count). The van der Waals surface area contributed by atoms with Gasteiger partial charge in [-0.05, 0) is 31.2 Å². The minimum absolute atomic E-state index is 0.207. The first kappa shape index (κ1) is 13.0. The molecule has 0 aliphatic heterocycles. The number of halogens is 1. The summed E-state index contributed by atoms with van der Waals surface area (Å²) in [5.41, 5.74) is 0.464. The zero-order valence-corrected chi connectivity index (χ0v) is 10.5. The number of para-hydroxylation sites is 1. The third kappa shape index (κ3) is 3.07. The highest BCUT2D eigenvalue weighted by atomic mass is 19.1. The molecule has 19 heavy (non-hydrogen) atoms. The van der Waals surface area contributed by atoms with Gasteiger partial charge in [0.2, 0.25) is 0 Å². The second-order valence-electron chi connectivity index (χ2n) is 3.86. The quantitative estimate of drug-likeness (QED) is 0.887. The minimum Gasteiger partial charge on any atom is -0.382 e. The molecule has 0 unspecified atom stereocenters. The van der Waals surface area contributed by atoms with Gasteiger partial charge in [-0.2, -0.15) is 0 Å². The van der Waals surface area contributed by atoms with Crippen LogP contribution in [0.3, 0.4) is 0 Å². The summed E-state index contributed by atoms with van der Waals surface area (Å²) >= 11 is 0. The number of rotatable bonds is 4. The van der Waals surface area contributed by atoms with E-state index in [2.05, 4.69) is 15.6 Å². The van der Waals surface area contributed by atoms with Crippen molar-refractivity contribution in [3.63, 3.8) is 0 Å². The Kier molecular flexibility index (Phi) is 4.07. The van der Waals surface area contributed by atoms with Crippen LogP contribution < -0.4 is 10.6 Å². The van der Waals surface area contributed by atoms with E-state index >= 15 is 0 Å². The number of hydrogen-bond acceptors (Lipinski definition) is 3. The van der Waals surface area contributed by atoms with Crippen LogP contribution in [0, 0.1) is 5.82 Å². The lowest BCUT2D eigenvalue weighted by Crippen LogP contribution is -2.16. The predicted octanol–water partition coefficient (Wildman–Crippen LogP) is 2.90. The summed E-state index contributed by atoms with van der Waals surface area (Å²) in [6.07, 6.45) is 1.58. The third-order valence-corrected chi connectivity index (χ3v) is 2.52. The molecule has 1 aromatic heterocycles. The van der Waals surface area contributed by atoms with Gasteiger partial charge < -0.3 is 10.6 Å². The zero-order chi connectivity index (χ0) is 13.7. The number of carbonyl (C=O) groups excluding carboxylic acids is 1. The number of carbonyl (C=O) groups is 1. The molecular formula is C14H14FN3O. The number of pyridine rings is 1. The van der Waals surface area contributed by atoms with Crippen molar-refractivity contribution in [2.24, 2.45) is 0 Å². The molecule has 0 aliphatic carbocycles. The van der Waals surface area contributed by atoms with Gasteiger partial charge in [-0.1, -0.05) is 12.1 Å². The Morgan fingerprint density at radius 1 is 1.26 bits per heavy atom. The summed E-state index contributed by atoms with van der Waals surface area (Å²) in [5.74, 6) is -0.413. The van der Waals surface area contributed by atoms with Crippen LogP contribution in [0.4, 0.5) is 15.9 Å². The summed E-state index contributed by atoms with van der Waals surface area (Å²) in [6.45, 7) is 2.37. The van der Waals surface area contributed by atoms with Gasteiger partial charge in [0, 0.05) is 12.7 Å². The molecule has 1 aromatic carbocycles. The van der Waals surface area contributed by atoms with Gasteiger partial charge in [0.15, 0.2) is 0 Å². The molecule has 0 spiro atoms. The maximum atomic E-state index is 13.7. The van der Waals surface area contributed by atoms with Crippen LogP contribution >= 0.6 is 0 Å². The molecule has 2 aromatic rings. The minimum atomic E-state index is -0.449. The van der Waals surface area contributed by atoms with E-state index in [1.807, 2.05) is 6.92 Å². The maximum Gasteiger partial charge on any atom is 0.259 e. The highest BCUT2D eigenvalue weighted by Gasteiger charge is 2.14. The molecule has 0 aliphatic rings. The van der Waals surface area contributed by atoms with Crippen molar-refractivity contribution < 1.29 is 9.18 Å². The average molecular weight is 259 g/mol. The van der Waals surface area contributed by atoms with Gasteiger partial charge in [-0.15, -0.1) is 0 Å². The fourth-order valence-electron chi connectivity index (χ4n) is 1.69. The molecule has 0 saturated heterocycles. The second-order valence-corrected chi connectivity index (χ2v) is 3.86. The van der Waals surface area contributed by atoms with E-state index in [1.54, 1.807) is 30.5 Å². The van der Waals surface area contributed by atoms with E-state index < -0.39 is 11.7 Å². The number of benzene rings is 1. The topological polar surface area (TPSA) is 54.0 Å². The number of aromatic nitrogens is 1. The normalized spacial score (nSPS) is 10.0. The Morgan fingerprint density at radius 3 is 2.79 bits per heavy atom. The van der Waals surface area contributed by atoms with Crippen LogP contribution in [0.25, 0.3) is 0 Å². The lowest BCUT2D eigenvalue weighted by Gasteiger charge is -2.11. The lowest BCUT2D eigenvalue weighted by atomic mass is 10.1. The van der Waals surface area contributed by atoms with Gasteiger partial charge in [0.1, 0.15) is 11.6 Å². The van der Waals surface area contributed by atoms with E-state index in [0.29, 0.717) is 12.4 Å². The van der Waals surface area contributed by atoms with Crippen LogP contribution in [0.15, 0.2) is 42.6 Å². The van der Waals surface area contributed by atoms with Crippen LogP contribution in [-0.2, 0) is 0 Å². The van der Waals surface area contributed by atoms with E-state index in [4.69, 9.17) is 0 Å². The Balaban J connectivity index is 2.26. The SMILES string of the molecule is CCNc1c(F)cccc1C(=O)Nc1ccccn1. The number of nitrogens with one attached hydrogen (secondary N) is 2. The molecule has 2 N–H and O–H groups in total. The van der Waals surface area contributed by atoms with Crippen LogP contribution in [0.2, 0.25) is 0 Å². The molecule has 0 saturated carbocycles. The average Bonchev–Trinajstić information content (AvgIpc) is 2.42. The van der Waals surface area contributed by atoms with Crippen LogP contribution in [0.5, 0.6) is 0 Å². The van der Waals surface area contributed by atoms with Gasteiger partial charge in [-0.3, -0.25) is 4.79 Å². The molecular weight excluding hydrogens is 245 g/mol. The monoisotopic (exact) mass is 259 g/mol. The van der Waals surface area contributed by atoms with Crippen molar-refractivity contribution >= 4 is 17.4 Å². The van der Waals surface area contributed by atoms with Crippen molar-refractivity contribution in [2.45, 2.75) is 6.92 Å². The smallest absolute Gasteiger partial charge is 0.259 e. The second kappa shape index (κ2) is 5.95. The molecule has 0 bridgehead atoms. The van der Waals surface area contributed by atoms with E-state index in [9.17, 15) is 9.18 Å². The van der Waals surface area contributed by atoms with Gasteiger partial charge >= 0.3 is 0 Å². The molecule has 1 heterocycles. The first-order valence-electron chi connectivity index (χ1n) is 5.97. The molecule has 98 valence electrons. The first-order chi connectivity index (χ1) is 9.22. The summed E-state index contributed by atoms with van der Waals surface area (Å²) in [4.78, 5) is 16.1. The molecule has 5 heteroatoms. The Bertz CT molecular complexity index is 572. The summed E-state index contributed by atoms with van der Waals surface area (Å²) in [5, 5.41) is 5.48. The standard InChI is InChI=1S/C14H14FN3O/c1-2-16-13-10(6-5-7-11(13)15)14(19)18-12-8-3-4-9-17-12/h3-9,16H,2H2,1H3,(H,17,18,19). The Morgan fingerprint density at radius 2 is 2.11 bits per heavy atom. The number of hydrogen-bond donors (Lipinski definition) is 2. The van der Waals surface area contributed by atoms with Gasteiger partial charge in [-0.25, -0.2) is 9.37 Å². The van der Waals surface area contributed by atoms with E-state index in [0.717, 1.165) is 0 Å². The summed E-state index contributed by atoms with van der Waals surface area (Å²) < 4.78 is 13.7. The number of nitrogens with zero attached hydrogens (tertiary/aromatic N) is 1. The largest absolute Gasteiger partial charge is 0.382 e. The highest BCUT2D eigenvalue weighted by Crippen LogP contribution is 2.20. The lowest BCUT2D eigenvalue weighted by molar-refractivity contribution is 0.102. The van der Waals surface area contributed by atoms with E-state index in [1.165, 1.54) is 12.1 Å². The van der Waals surface area contributed by atoms with Crippen molar-refractivity contribution in [1.29, 1.82) is 0 Å². The third-order valence-electron chi connectivity index (χ3n) is 2.52. The van der Waals surface area contributed by atoms with Crippen molar-refractivity contribution in [3.8, 4) is 0 Å². The van der Waals surface area contributed by atoms with Crippen LogP contribution in [-0.4, -0.2) is 17.4 Å². The molecule has 0 radical (unpaired) electrons. The number of amides is 1. The molecule has 0 atom stereocenters. The number of anilines is 2. The van der Waals surface area contributed by atoms with Crippen molar-refractivity contribution in [2.75, 3.05) is 17.2 Å². The summed E-state index contributed by atoms with van der Waals surface area (Å²) in [6, 6.07) is 9.57. The van der Waals surface area contributed by atoms with Crippen LogP contribution in [0.1, 0.15) is 17.3 Å². The van der Waals surface area contributed by atoms with Crippen molar-refractivity contribution in [1.82, 2.24) is 4.98 Å². The first-order valence-corrected chi connectivity index (χ1v) is 5.97. The molecule has 4 nitrogen and oxygen atoms in total. The Labute approximate surface area is 110 Å².